The van der Waals surface area contributed by atoms with E-state index in [-0.39, 0.29) is 17.8 Å². The van der Waals surface area contributed by atoms with Crippen molar-refractivity contribution in [3.63, 3.8) is 0 Å². The molecule has 1 aliphatic carbocycles. The Kier molecular flexibility index (Phi) is 6.26. The van der Waals surface area contributed by atoms with Crippen LogP contribution in [0.1, 0.15) is 35.7 Å². The van der Waals surface area contributed by atoms with E-state index in [1.54, 1.807) is 30.3 Å². The molecule has 3 aromatic rings. The lowest BCUT2D eigenvalue weighted by molar-refractivity contribution is -0.138. The predicted octanol–water partition coefficient (Wildman–Crippen LogP) is 4.33. The Morgan fingerprint density at radius 2 is 1.94 bits per heavy atom. The smallest absolute Gasteiger partial charge is 0.416 e. The molecule has 0 fully saturated rings. The number of hydrogen-bond acceptors (Lipinski definition) is 4. The van der Waals surface area contributed by atoms with Crippen LogP contribution in [0.15, 0.2) is 54.7 Å². The minimum absolute atomic E-state index is 0.124. The second-order valence-electron chi connectivity index (χ2n) is 7.68. The van der Waals surface area contributed by atoms with Gasteiger partial charge in [-0.3, -0.25) is 18.0 Å². The van der Waals surface area contributed by atoms with Gasteiger partial charge in [-0.05, 0) is 48.6 Å². The molecule has 1 aromatic heterocycles. The molecule has 0 radical (unpaired) electrons. The number of rotatable bonds is 6. The van der Waals surface area contributed by atoms with E-state index < -0.39 is 35.0 Å². The van der Waals surface area contributed by atoms with E-state index in [1.807, 2.05) is 0 Å². The van der Waals surface area contributed by atoms with Crippen LogP contribution in [0.5, 0.6) is 0 Å². The fourth-order valence-electron chi connectivity index (χ4n) is 4.17. The summed E-state index contributed by atoms with van der Waals surface area (Å²) in [6.45, 7) is -0.385. The van der Waals surface area contributed by atoms with Gasteiger partial charge in [0.15, 0.2) is 0 Å². The summed E-state index contributed by atoms with van der Waals surface area (Å²) in [5.74, 6) is -1.10. The number of carboxylic acid groups (broad SMARTS) is 1. The van der Waals surface area contributed by atoms with Crippen LogP contribution in [0.4, 0.5) is 18.9 Å². The third-order valence-corrected chi connectivity index (χ3v) is 6.35. The first-order chi connectivity index (χ1) is 15.6. The van der Waals surface area contributed by atoms with Crippen LogP contribution in [0.2, 0.25) is 0 Å². The Morgan fingerprint density at radius 3 is 2.58 bits per heavy atom. The Labute approximate surface area is 189 Å². The second kappa shape index (κ2) is 8.99. The van der Waals surface area contributed by atoms with E-state index in [9.17, 15) is 26.7 Å². The van der Waals surface area contributed by atoms with Crippen molar-refractivity contribution >= 4 is 22.9 Å². The van der Waals surface area contributed by atoms with E-state index in [1.165, 1.54) is 16.9 Å². The molecule has 33 heavy (non-hydrogen) atoms. The molecular weight excluding hydrogens is 459 g/mol. The number of alkyl halides is 3. The van der Waals surface area contributed by atoms with Gasteiger partial charge in [0.05, 0.1) is 23.5 Å². The molecule has 2 aromatic carbocycles. The molecule has 0 bridgehead atoms. The first kappa shape index (κ1) is 23.0. The van der Waals surface area contributed by atoms with Gasteiger partial charge in [-0.25, -0.2) is 0 Å². The minimum Gasteiger partial charge on any atom is -0.755 e. The summed E-state index contributed by atoms with van der Waals surface area (Å²) in [6, 6.07) is 10.8. The fraction of sp³-hybridized carbons (Fsp3) is 0.273. The predicted molar refractivity (Wildman–Crippen MR) is 114 cm³/mol. The van der Waals surface area contributed by atoms with Gasteiger partial charge in [0.1, 0.15) is 6.54 Å². The maximum atomic E-state index is 13.7. The van der Waals surface area contributed by atoms with Crippen LogP contribution >= 0.6 is 0 Å². The van der Waals surface area contributed by atoms with E-state index in [4.69, 9.17) is 5.11 Å². The van der Waals surface area contributed by atoms with Gasteiger partial charge in [0.25, 0.3) is 0 Å². The summed E-state index contributed by atoms with van der Waals surface area (Å²) in [4.78, 5) is 11.1. The minimum atomic E-state index is -4.68. The topological polar surface area (TPSA) is 98.5 Å². The molecule has 1 N–H and O–H groups in total. The maximum Gasteiger partial charge on any atom is 0.416 e. The number of hydrogen-bond donors (Lipinski definition) is 1. The molecular formula is C22H19F3N3O4S-. The number of nitrogens with zero attached hydrogens (tertiary/aromatic N) is 3. The highest BCUT2D eigenvalue weighted by atomic mass is 32.2. The lowest BCUT2D eigenvalue weighted by Gasteiger charge is -2.37. The summed E-state index contributed by atoms with van der Waals surface area (Å²) in [5.41, 5.74) is 0.714. The Morgan fingerprint density at radius 1 is 1.21 bits per heavy atom. The third-order valence-electron chi connectivity index (χ3n) is 5.57. The van der Waals surface area contributed by atoms with Crippen LogP contribution in [-0.2, 0) is 35.2 Å². The summed E-state index contributed by atoms with van der Waals surface area (Å²) in [7, 11) is 0. The molecule has 2 unspecified atom stereocenters. The van der Waals surface area contributed by atoms with Gasteiger partial charge in [-0.15, -0.1) is 0 Å². The number of aliphatic carboxylic acids is 1. The highest BCUT2D eigenvalue weighted by molar-refractivity contribution is 7.80. The number of carboxylic acids is 1. The van der Waals surface area contributed by atoms with E-state index in [0.29, 0.717) is 36.1 Å². The van der Waals surface area contributed by atoms with Gasteiger partial charge in [0, 0.05) is 22.5 Å². The molecule has 0 spiro atoms. The lowest BCUT2D eigenvalue weighted by Crippen LogP contribution is -2.33. The average molecular weight is 478 g/mol. The highest BCUT2D eigenvalue weighted by Gasteiger charge is 2.35. The molecule has 0 amide bonds. The van der Waals surface area contributed by atoms with E-state index in [2.05, 4.69) is 5.10 Å². The molecule has 1 heterocycles. The highest BCUT2D eigenvalue weighted by Crippen LogP contribution is 2.41. The van der Waals surface area contributed by atoms with Gasteiger partial charge in [0.2, 0.25) is 0 Å². The maximum absolute atomic E-state index is 13.7. The number of benzene rings is 2. The van der Waals surface area contributed by atoms with Crippen molar-refractivity contribution in [3.8, 4) is 11.1 Å². The van der Waals surface area contributed by atoms with E-state index in [0.717, 1.165) is 16.4 Å². The van der Waals surface area contributed by atoms with Crippen molar-refractivity contribution in [1.29, 1.82) is 0 Å². The number of halogens is 3. The Balaban J connectivity index is 1.84. The van der Waals surface area contributed by atoms with Gasteiger partial charge in [-0.1, -0.05) is 30.3 Å². The van der Waals surface area contributed by atoms with Crippen LogP contribution in [0.3, 0.4) is 0 Å². The lowest BCUT2D eigenvalue weighted by atomic mass is 9.92. The molecule has 4 rings (SSSR count). The Bertz CT molecular complexity index is 1200. The molecule has 2 atom stereocenters. The van der Waals surface area contributed by atoms with Crippen LogP contribution in [-0.4, -0.2) is 29.6 Å². The summed E-state index contributed by atoms with van der Waals surface area (Å²) < 4.78 is 67.9. The van der Waals surface area contributed by atoms with Crippen LogP contribution in [0.25, 0.3) is 11.1 Å². The fourth-order valence-corrected chi connectivity index (χ4v) is 4.88. The Hall–Kier alpha value is -3.18. The molecule has 174 valence electrons. The van der Waals surface area contributed by atoms with Gasteiger partial charge in [-0.2, -0.15) is 18.3 Å². The summed E-state index contributed by atoms with van der Waals surface area (Å²) >= 11 is -2.90. The number of carbonyl (C=O) groups is 1. The van der Waals surface area contributed by atoms with Gasteiger partial charge < -0.3 is 9.66 Å². The van der Waals surface area contributed by atoms with Crippen LogP contribution in [0, 0.1) is 0 Å². The SMILES string of the molecule is O=C(O)Cn1ncc2c1CCCC2N(c1cc(-c2ccccc2)cc(C(F)(F)F)c1)S(=O)[O-]. The van der Waals surface area contributed by atoms with E-state index >= 15 is 0 Å². The van der Waals surface area contributed by atoms with Crippen molar-refractivity contribution < 1.29 is 31.8 Å². The molecule has 0 saturated carbocycles. The van der Waals surface area contributed by atoms with Crippen molar-refractivity contribution in [2.75, 3.05) is 4.31 Å². The van der Waals surface area contributed by atoms with Crippen molar-refractivity contribution in [2.24, 2.45) is 0 Å². The molecule has 1 aliphatic rings. The zero-order chi connectivity index (χ0) is 23.8. The first-order valence-electron chi connectivity index (χ1n) is 10.1. The summed E-state index contributed by atoms with van der Waals surface area (Å²) in [6.07, 6.45) is -1.90. The second-order valence-corrected chi connectivity index (χ2v) is 8.51. The number of fused-ring (bicyclic) bond motifs is 1. The average Bonchev–Trinajstić information content (AvgIpc) is 3.16. The van der Waals surface area contributed by atoms with Crippen molar-refractivity contribution in [1.82, 2.24) is 9.78 Å². The van der Waals surface area contributed by atoms with Gasteiger partial charge >= 0.3 is 12.1 Å². The van der Waals surface area contributed by atoms with Crippen LogP contribution < -0.4 is 4.31 Å². The third kappa shape index (κ3) is 4.79. The monoisotopic (exact) mass is 478 g/mol. The molecule has 0 saturated heterocycles. The zero-order valence-electron chi connectivity index (χ0n) is 17.2. The molecule has 0 aliphatic heterocycles. The quantitative estimate of drug-likeness (QED) is 0.532. The molecule has 7 nitrogen and oxygen atoms in total. The van der Waals surface area contributed by atoms with Crippen molar-refractivity contribution in [2.45, 2.75) is 38.0 Å². The normalized spacial score (nSPS) is 16.8. The first-order valence-corrected chi connectivity index (χ1v) is 11.1. The standard InChI is InChI=1S/C22H20F3N3O4S/c23-22(24,25)16-9-15(14-5-2-1-3-6-14)10-17(11-16)28(33(31)32)20-8-4-7-19-18(20)12-26-27(19)13-21(29)30/h1-3,5-6,9-12,20H,4,7-8,13H2,(H,29,30)(H,31,32)/p-1. The van der Waals surface area contributed by atoms with Crippen molar-refractivity contribution in [3.05, 3.63) is 71.5 Å². The molecule has 11 heteroatoms. The zero-order valence-corrected chi connectivity index (χ0v) is 18.0. The number of aromatic nitrogens is 2. The largest absolute Gasteiger partial charge is 0.755 e. The summed E-state index contributed by atoms with van der Waals surface area (Å²) in [5, 5.41) is 13.2. The number of anilines is 1.